The lowest BCUT2D eigenvalue weighted by atomic mass is 10.1. The lowest BCUT2D eigenvalue weighted by Gasteiger charge is -2.09. The molecule has 7 nitrogen and oxygen atoms in total. The van der Waals surface area contributed by atoms with Crippen molar-refractivity contribution in [3.8, 4) is 34.0 Å². The van der Waals surface area contributed by atoms with E-state index in [9.17, 15) is 0 Å². The summed E-state index contributed by atoms with van der Waals surface area (Å²) in [6.07, 6.45) is 5.53. The molecule has 0 bridgehead atoms. The van der Waals surface area contributed by atoms with Crippen LogP contribution in [0.15, 0.2) is 48.9 Å². The molecule has 0 aliphatic carbocycles. The van der Waals surface area contributed by atoms with Gasteiger partial charge in [0.05, 0.1) is 38.0 Å². The largest absolute Gasteiger partial charge is 0.493 e. The maximum absolute atomic E-state index is 5.40. The van der Waals surface area contributed by atoms with E-state index in [0.717, 1.165) is 28.2 Å². The Hall–Kier alpha value is -3.35. The molecule has 4 aromatic rings. The number of hydrogen-bond acceptors (Lipinski definition) is 5. The minimum atomic E-state index is 0.665. The number of aromatic nitrogens is 5. The molecule has 4 rings (SSSR count). The number of hydrogen-bond donors (Lipinski definition) is 0. The highest BCUT2D eigenvalue weighted by Gasteiger charge is 2.12. The molecule has 126 valence electrons. The molecule has 0 amide bonds. The van der Waals surface area contributed by atoms with Gasteiger partial charge in [-0.15, -0.1) is 0 Å². The first-order valence-corrected chi connectivity index (χ1v) is 7.76. The Kier molecular flexibility index (Phi) is 3.61. The molecular formula is C18H17N5O2. The molecule has 7 heteroatoms. The Bertz CT molecular complexity index is 1050. The van der Waals surface area contributed by atoms with Crippen LogP contribution in [0, 0.1) is 0 Å². The molecule has 0 fully saturated rings. The van der Waals surface area contributed by atoms with E-state index in [4.69, 9.17) is 14.6 Å². The molecule has 0 aliphatic rings. The normalized spacial score (nSPS) is 11.0. The Morgan fingerprint density at radius 2 is 1.76 bits per heavy atom. The highest BCUT2D eigenvalue weighted by atomic mass is 16.5. The zero-order valence-corrected chi connectivity index (χ0v) is 14.2. The van der Waals surface area contributed by atoms with Crippen molar-refractivity contribution in [2.75, 3.05) is 14.2 Å². The van der Waals surface area contributed by atoms with Gasteiger partial charge in [-0.2, -0.15) is 10.2 Å². The van der Waals surface area contributed by atoms with Crippen LogP contribution >= 0.6 is 0 Å². The molecule has 3 heterocycles. The Morgan fingerprint density at radius 1 is 0.920 bits per heavy atom. The van der Waals surface area contributed by atoms with E-state index in [1.54, 1.807) is 31.3 Å². The van der Waals surface area contributed by atoms with Crippen LogP contribution in [0.1, 0.15) is 0 Å². The summed E-state index contributed by atoms with van der Waals surface area (Å²) >= 11 is 0. The SMILES string of the molecule is COc1ccc(-c2cnc3ccc(-c4cnn(C)c4)nn23)cc1OC. The summed E-state index contributed by atoms with van der Waals surface area (Å²) in [6.45, 7) is 0. The predicted octanol–water partition coefficient (Wildman–Crippen LogP) is 2.81. The van der Waals surface area contributed by atoms with Gasteiger partial charge >= 0.3 is 0 Å². The Morgan fingerprint density at radius 3 is 2.48 bits per heavy atom. The summed E-state index contributed by atoms with van der Waals surface area (Å²) in [7, 11) is 5.12. The Balaban J connectivity index is 1.85. The summed E-state index contributed by atoms with van der Waals surface area (Å²) in [6, 6.07) is 9.64. The number of benzene rings is 1. The third-order valence-corrected chi connectivity index (χ3v) is 4.04. The molecule has 3 aromatic heterocycles. The van der Waals surface area contributed by atoms with Crippen molar-refractivity contribution in [1.29, 1.82) is 0 Å². The first-order chi connectivity index (χ1) is 12.2. The van der Waals surface area contributed by atoms with Gasteiger partial charge in [-0.25, -0.2) is 9.50 Å². The van der Waals surface area contributed by atoms with Crippen LogP contribution in [0.2, 0.25) is 0 Å². The zero-order chi connectivity index (χ0) is 17.4. The average molecular weight is 335 g/mol. The van der Waals surface area contributed by atoms with Crippen LogP contribution < -0.4 is 9.47 Å². The maximum Gasteiger partial charge on any atom is 0.161 e. The van der Waals surface area contributed by atoms with Crippen LogP contribution in [-0.2, 0) is 7.05 Å². The van der Waals surface area contributed by atoms with E-state index in [0.29, 0.717) is 11.5 Å². The topological polar surface area (TPSA) is 66.5 Å². The summed E-state index contributed by atoms with van der Waals surface area (Å²) in [5.74, 6) is 1.35. The van der Waals surface area contributed by atoms with Crippen LogP contribution in [0.5, 0.6) is 11.5 Å². The van der Waals surface area contributed by atoms with Gasteiger partial charge in [0.15, 0.2) is 17.1 Å². The molecule has 0 radical (unpaired) electrons. The smallest absolute Gasteiger partial charge is 0.161 e. The molecule has 0 N–H and O–H groups in total. The minimum Gasteiger partial charge on any atom is -0.493 e. The van der Waals surface area contributed by atoms with Gasteiger partial charge in [0.2, 0.25) is 0 Å². The number of rotatable bonds is 4. The van der Waals surface area contributed by atoms with Gasteiger partial charge in [-0.1, -0.05) is 0 Å². The van der Waals surface area contributed by atoms with Crippen LogP contribution in [0.4, 0.5) is 0 Å². The van der Waals surface area contributed by atoms with Crippen molar-refractivity contribution < 1.29 is 9.47 Å². The van der Waals surface area contributed by atoms with Crippen molar-refractivity contribution in [2.24, 2.45) is 7.05 Å². The van der Waals surface area contributed by atoms with Crippen LogP contribution in [0.25, 0.3) is 28.2 Å². The second-order valence-electron chi connectivity index (χ2n) is 5.60. The zero-order valence-electron chi connectivity index (χ0n) is 14.2. The second-order valence-corrected chi connectivity index (χ2v) is 5.60. The fourth-order valence-corrected chi connectivity index (χ4v) is 2.77. The van der Waals surface area contributed by atoms with Crippen molar-refractivity contribution in [3.05, 3.63) is 48.9 Å². The molecule has 0 aliphatic heterocycles. The standard InChI is InChI=1S/C18H17N5O2/c1-22-11-13(9-20-22)14-5-7-18-19-10-15(23(18)21-14)12-4-6-16(24-2)17(8-12)25-3/h4-11H,1-3H3. The third-order valence-electron chi connectivity index (χ3n) is 4.04. The second kappa shape index (κ2) is 5.94. The fraction of sp³-hybridized carbons (Fsp3) is 0.167. The van der Waals surface area contributed by atoms with Crippen molar-refractivity contribution in [1.82, 2.24) is 24.4 Å². The summed E-state index contributed by atoms with van der Waals surface area (Å²) < 4.78 is 14.3. The van der Waals surface area contributed by atoms with Gasteiger partial charge in [-0.3, -0.25) is 4.68 Å². The van der Waals surface area contributed by atoms with Crippen LogP contribution in [-0.4, -0.2) is 38.6 Å². The summed E-state index contributed by atoms with van der Waals surface area (Å²) in [5.41, 5.74) is 4.39. The Labute approximate surface area is 144 Å². The lowest BCUT2D eigenvalue weighted by molar-refractivity contribution is 0.355. The van der Waals surface area contributed by atoms with E-state index >= 15 is 0 Å². The van der Waals surface area contributed by atoms with E-state index in [2.05, 4.69) is 10.1 Å². The molecule has 1 aromatic carbocycles. The van der Waals surface area contributed by atoms with E-state index < -0.39 is 0 Å². The fourth-order valence-electron chi connectivity index (χ4n) is 2.77. The van der Waals surface area contributed by atoms with Crippen molar-refractivity contribution in [2.45, 2.75) is 0 Å². The highest BCUT2D eigenvalue weighted by Crippen LogP contribution is 2.32. The number of methoxy groups -OCH3 is 2. The van der Waals surface area contributed by atoms with Gasteiger partial charge < -0.3 is 9.47 Å². The maximum atomic E-state index is 5.40. The summed E-state index contributed by atoms with van der Waals surface area (Å²) in [4.78, 5) is 4.44. The first kappa shape index (κ1) is 15.2. The van der Waals surface area contributed by atoms with E-state index in [1.165, 1.54) is 0 Å². The quantitative estimate of drug-likeness (QED) is 0.574. The van der Waals surface area contributed by atoms with Gasteiger partial charge in [-0.05, 0) is 30.3 Å². The van der Waals surface area contributed by atoms with Crippen molar-refractivity contribution >= 4 is 5.65 Å². The lowest BCUT2D eigenvalue weighted by Crippen LogP contribution is -1.97. The number of nitrogens with zero attached hydrogens (tertiary/aromatic N) is 5. The monoisotopic (exact) mass is 335 g/mol. The molecule has 0 saturated carbocycles. The predicted molar refractivity (Wildman–Crippen MR) is 93.7 cm³/mol. The van der Waals surface area contributed by atoms with E-state index in [-0.39, 0.29) is 0 Å². The highest BCUT2D eigenvalue weighted by molar-refractivity contribution is 5.68. The van der Waals surface area contributed by atoms with Gasteiger partial charge in [0.25, 0.3) is 0 Å². The molecule has 0 saturated heterocycles. The number of ether oxygens (including phenoxy) is 2. The molecule has 25 heavy (non-hydrogen) atoms. The van der Waals surface area contributed by atoms with Crippen molar-refractivity contribution in [3.63, 3.8) is 0 Å². The summed E-state index contributed by atoms with van der Waals surface area (Å²) in [5, 5.41) is 8.93. The number of aryl methyl sites for hydroxylation is 1. The first-order valence-electron chi connectivity index (χ1n) is 7.76. The molecule has 0 atom stereocenters. The third kappa shape index (κ3) is 2.59. The molecular weight excluding hydrogens is 318 g/mol. The van der Waals surface area contributed by atoms with Gasteiger partial charge in [0, 0.05) is 24.4 Å². The van der Waals surface area contributed by atoms with Gasteiger partial charge in [0.1, 0.15) is 0 Å². The molecule has 0 spiro atoms. The van der Waals surface area contributed by atoms with Crippen LogP contribution in [0.3, 0.4) is 0 Å². The molecule has 0 unspecified atom stereocenters. The average Bonchev–Trinajstić information content (AvgIpc) is 3.26. The number of fused-ring (bicyclic) bond motifs is 1. The number of imidazole rings is 1. The van der Waals surface area contributed by atoms with E-state index in [1.807, 2.05) is 48.1 Å². The minimum absolute atomic E-state index is 0.665.